The van der Waals surface area contributed by atoms with Gasteiger partial charge in [-0.25, -0.2) is 4.98 Å². The molecule has 1 aliphatic rings. The molecular formula is C27H34B2F3N3O3. The number of alkyl halides is 3. The largest absolute Gasteiger partial charge is 0.412 e. The van der Waals surface area contributed by atoms with Crippen molar-refractivity contribution in [1.82, 2.24) is 9.55 Å². The lowest BCUT2D eigenvalue weighted by atomic mass is 9.86. The number of hydrogen-bond donors (Lipinski definition) is 1. The van der Waals surface area contributed by atoms with E-state index in [4.69, 9.17) is 25.2 Å². The van der Waals surface area contributed by atoms with E-state index in [1.165, 1.54) is 19.9 Å². The van der Waals surface area contributed by atoms with Crippen molar-refractivity contribution in [3.8, 4) is 0 Å². The topological polar surface area (TPSA) is 65.4 Å². The highest BCUT2D eigenvalue weighted by molar-refractivity contribution is 6.33. The zero-order valence-electron chi connectivity index (χ0n) is 22.0. The van der Waals surface area contributed by atoms with Crippen molar-refractivity contribution in [2.24, 2.45) is 5.92 Å². The smallest absolute Gasteiger partial charge is 0.380 e. The van der Waals surface area contributed by atoms with Crippen LogP contribution in [0.3, 0.4) is 0 Å². The average molecular weight is 527 g/mol. The second-order valence-corrected chi connectivity index (χ2v) is 9.42. The molecule has 1 N–H and O–H groups in total. The lowest BCUT2D eigenvalue weighted by Crippen LogP contribution is -2.24. The number of allylic oxidation sites excluding steroid dienone is 2. The second-order valence-electron chi connectivity index (χ2n) is 9.42. The predicted molar refractivity (Wildman–Crippen MR) is 145 cm³/mol. The van der Waals surface area contributed by atoms with Gasteiger partial charge >= 0.3 is 6.18 Å². The minimum atomic E-state index is -4.51. The number of hydrogen-bond acceptors (Lipinski definition) is 4. The number of fused-ring (bicyclic) bond motifs is 1. The first-order chi connectivity index (χ1) is 18.2. The second kappa shape index (κ2) is 14.0. The third-order valence-corrected chi connectivity index (χ3v) is 6.76. The molecule has 3 rings (SSSR count). The molecule has 0 bridgehead atoms. The first kappa shape index (κ1) is 30.0. The number of benzene rings is 1. The summed E-state index contributed by atoms with van der Waals surface area (Å²) in [5.74, 6) is 0.0650. The van der Waals surface area contributed by atoms with Crippen LogP contribution < -0.4 is 10.8 Å². The Morgan fingerprint density at radius 1 is 1.18 bits per heavy atom. The Morgan fingerprint density at radius 2 is 1.89 bits per heavy atom. The summed E-state index contributed by atoms with van der Waals surface area (Å²) in [5.41, 5.74) is 1.12. The zero-order valence-corrected chi connectivity index (χ0v) is 22.0. The molecule has 0 unspecified atom stereocenters. The monoisotopic (exact) mass is 527 g/mol. The van der Waals surface area contributed by atoms with Crippen LogP contribution in [-0.2, 0) is 14.3 Å². The third kappa shape index (κ3) is 7.99. The van der Waals surface area contributed by atoms with E-state index < -0.39 is 17.7 Å². The lowest BCUT2D eigenvalue weighted by molar-refractivity contribution is -0.112. The van der Waals surface area contributed by atoms with Crippen molar-refractivity contribution in [1.29, 1.82) is 0 Å². The molecule has 0 spiro atoms. The van der Waals surface area contributed by atoms with Gasteiger partial charge in [-0.3, -0.25) is 10.1 Å². The predicted octanol–water partition coefficient (Wildman–Crippen LogP) is 4.96. The fourth-order valence-electron chi connectivity index (χ4n) is 4.72. The van der Waals surface area contributed by atoms with E-state index in [9.17, 15) is 18.0 Å². The number of imidazole rings is 1. The quantitative estimate of drug-likeness (QED) is 0.184. The molecule has 1 fully saturated rings. The number of anilines is 1. The maximum absolute atomic E-state index is 13.3. The molecular weight excluding hydrogens is 493 g/mol. The van der Waals surface area contributed by atoms with E-state index in [-0.39, 0.29) is 18.0 Å². The Bertz CT molecular complexity index is 1140. The van der Waals surface area contributed by atoms with Gasteiger partial charge in [-0.2, -0.15) is 13.2 Å². The number of rotatable bonds is 12. The van der Waals surface area contributed by atoms with Crippen molar-refractivity contribution < 1.29 is 27.4 Å². The van der Waals surface area contributed by atoms with Gasteiger partial charge in [0.2, 0.25) is 5.95 Å². The summed E-state index contributed by atoms with van der Waals surface area (Å²) in [6.45, 7) is 5.16. The van der Waals surface area contributed by atoms with E-state index in [0.29, 0.717) is 55.6 Å². The molecule has 6 nitrogen and oxygen atoms in total. The van der Waals surface area contributed by atoms with Crippen molar-refractivity contribution in [3.63, 3.8) is 0 Å². The summed E-state index contributed by atoms with van der Waals surface area (Å²) in [5, 5.41) is 2.76. The molecule has 11 heteroatoms. The van der Waals surface area contributed by atoms with Crippen molar-refractivity contribution >= 4 is 44.0 Å². The van der Waals surface area contributed by atoms with Crippen LogP contribution in [-0.4, -0.2) is 63.8 Å². The molecule has 202 valence electrons. The zero-order chi connectivity index (χ0) is 27.7. The maximum atomic E-state index is 13.3. The molecule has 1 amide bonds. The normalized spacial score (nSPS) is 19.2. The Balaban J connectivity index is 1.75. The van der Waals surface area contributed by atoms with Crippen LogP contribution in [0.25, 0.3) is 11.0 Å². The molecule has 1 saturated carbocycles. The molecule has 2 aromatic rings. The molecule has 4 radical (unpaired) electrons. The number of carbonyl (C=O) groups excluding carboxylic acids is 1. The molecule has 1 aliphatic carbocycles. The highest BCUT2D eigenvalue weighted by Crippen LogP contribution is 2.37. The van der Waals surface area contributed by atoms with Crippen LogP contribution in [0.5, 0.6) is 0 Å². The van der Waals surface area contributed by atoms with Crippen LogP contribution in [0.15, 0.2) is 41.5 Å². The van der Waals surface area contributed by atoms with Crippen LogP contribution in [0.4, 0.5) is 19.1 Å². The minimum absolute atomic E-state index is 0.0639. The van der Waals surface area contributed by atoms with Gasteiger partial charge in [0.05, 0.1) is 32.1 Å². The first-order valence-corrected chi connectivity index (χ1v) is 13.1. The molecule has 0 aliphatic heterocycles. The SMILES string of the molecule is [B]CCOCCOCC1CCC(n2c(NC(=O)C(=C/C)/C=C(\CC)C(F)(F)F)nc3cc([B])ccc32)CC1. The average Bonchev–Trinajstić information content (AvgIpc) is 3.22. The van der Waals surface area contributed by atoms with Gasteiger partial charge < -0.3 is 14.0 Å². The fraction of sp³-hybridized carbons (Fsp3) is 0.556. The maximum Gasteiger partial charge on any atom is 0.412 e. The Morgan fingerprint density at radius 3 is 2.53 bits per heavy atom. The van der Waals surface area contributed by atoms with Crippen molar-refractivity contribution in [2.75, 3.05) is 31.7 Å². The molecule has 38 heavy (non-hydrogen) atoms. The highest BCUT2D eigenvalue weighted by atomic mass is 19.4. The molecule has 0 atom stereocenters. The first-order valence-electron chi connectivity index (χ1n) is 13.1. The molecule has 1 heterocycles. The van der Waals surface area contributed by atoms with E-state index >= 15 is 0 Å². The van der Waals surface area contributed by atoms with Gasteiger partial charge in [0.15, 0.2) is 0 Å². The van der Waals surface area contributed by atoms with Gasteiger partial charge in [0, 0.05) is 30.4 Å². The molecule has 0 saturated heterocycles. The van der Waals surface area contributed by atoms with Crippen LogP contribution in [0.2, 0.25) is 6.32 Å². The number of ether oxygens (including phenoxy) is 2. The van der Waals surface area contributed by atoms with Gasteiger partial charge in [0.25, 0.3) is 5.91 Å². The van der Waals surface area contributed by atoms with Gasteiger partial charge in [-0.05, 0) is 63.2 Å². The van der Waals surface area contributed by atoms with Crippen LogP contribution in [0, 0.1) is 5.92 Å². The van der Waals surface area contributed by atoms with E-state index in [2.05, 4.69) is 10.3 Å². The summed E-state index contributed by atoms with van der Waals surface area (Å²) in [6.07, 6.45) is 1.58. The summed E-state index contributed by atoms with van der Waals surface area (Å²) < 4.78 is 53.0. The Hall–Kier alpha value is -2.52. The van der Waals surface area contributed by atoms with E-state index in [0.717, 1.165) is 37.3 Å². The number of aromatic nitrogens is 2. The highest BCUT2D eigenvalue weighted by Gasteiger charge is 2.33. The lowest BCUT2D eigenvalue weighted by Gasteiger charge is -2.30. The third-order valence-electron chi connectivity index (χ3n) is 6.76. The van der Waals surface area contributed by atoms with Crippen molar-refractivity contribution in [3.05, 3.63) is 41.5 Å². The van der Waals surface area contributed by atoms with E-state index in [1.54, 1.807) is 12.1 Å². The van der Waals surface area contributed by atoms with Crippen LogP contribution in [0.1, 0.15) is 52.0 Å². The Labute approximate surface area is 224 Å². The molecule has 1 aromatic heterocycles. The standard InChI is InChI=1S/C27H34B2F3N3O3/c1-3-19(15-20(4-2)27(30,31)32)25(36)34-26-33-23-16-21(29)7-10-24(23)35(26)22-8-5-18(6-9-22)17-38-14-13-37-12-11-28/h3,7,10,15-16,18,22H,4-6,8-9,11-14,17H2,1-2H3,(H,33,34,36)/b19-3+,20-15+. The number of nitrogens with zero attached hydrogens (tertiary/aromatic N) is 2. The summed E-state index contributed by atoms with van der Waals surface area (Å²) in [7, 11) is 11.4. The van der Waals surface area contributed by atoms with Crippen molar-refractivity contribution in [2.45, 2.75) is 64.5 Å². The minimum Gasteiger partial charge on any atom is -0.380 e. The van der Waals surface area contributed by atoms with Gasteiger partial charge in [0.1, 0.15) is 7.85 Å². The van der Waals surface area contributed by atoms with Gasteiger partial charge in [-0.1, -0.05) is 30.8 Å². The Kier molecular flexibility index (Phi) is 11.1. The number of nitrogens with one attached hydrogen (secondary N) is 1. The summed E-state index contributed by atoms with van der Waals surface area (Å²) in [6, 6.07) is 5.42. The summed E-state index contributed by atoms with van der Waals surface area (Å²) in [4.78, 5) is 17.7. The number of halogens is 3. The number of carbonyl (C=O) groups is 1. The van der Waals surface area contributed by atoms with E-state index in [1.807, 2.05) is 10.6 Å². The fourth-order valence-corrected chi connectivity index (χ4v) is 4.72. The summed E-state index contributed by atoms with van der Waals surface area (Å²) >= 11 is 0. The number of amides is 1. The van der Waals surface area contributed by atoms with Gasteiger partial charge in [-0.15, -0.1) is 0 Å². The molecule has 1 aromatic carbocycles. The van der Waals surface area contributed by atoms with Crippen LogP contribution >= 0.6 is 0 Å².